The van der Waals surface area contributed by atoms with E-state index < -0.39 is 15.9 Å². The number of amides is 1. The molecule has 0 atom stereocenters. The Morgan fingerprint density at radius 1 is 1.45 bits per heavy atom. The predicted molar refractivity (Wildman–Crippen MR) is 68.8 cm³/mol. The van der Waals surface area contributed by atoms with E-state index in [0.29, 0.717) is 11.4 Å². The first-order valence-electron chi connectivity index (χ1n) is 5.51. The molecule has 108 valence electrons. The highest BCUT2D eigenvalue weighted by Crippen LogP contribution is 2.14. The van der Waals surface area contributed by atoms with Gasteiger partial charge in [-0.15, -0.1) is 0 Å². The minimum absolute atomic E-state index is 0.0159. The van der Waals surface area contributed by atoms with E-state index in [2.05, 4.69) is 10.4 Å². The topological polar surface area (TPSA) is 146 Å². The van der Waals surface area contributed by atoms with Gasteiger partial charge in [0.2, 0.25) is 11.0 Å². The summed E-state index contributed by atoms with van der Waals surface area (Å²) in [4.78, 5) is 10.7. The first-order valence-corrected chi connectivity index (χ1v) is 7.05. The zero-order valence-corrected chi connectivity index (χ0v) is 11.1. The van der Waals surface area contributed by atoms with Crippen molar-refractivity contribution in [2.75, 3.05) is 5.32 Å². The smallest absolute Gasteiger partial charge is 0.271 e. The molecule has 0 bridgehead atoms. The molecule has 0 radical (unpaired) electrons. The van der Waals surface area contributed by atoms with Gasteiger partial charge in [-0.05, 0) is 12.1 Å². The second-order valence-electron chi connectivity index (χ2n) is 4.01. The SMILES string of the molecule is NC(=O)Cn1cc(NCc2ccc(S(N)(=O)=O)o2)cn1. The molecule has 2 heterocycles. The van der Waals surface area contributed by atoms with E-state index in [-0.39, 0.29) is 18.2 Å². The van der Waals surface area contributed by atoms with Crippen molar-refractivity contribution in [3.8, 4) is 0 Å². The van der Waals surface area contributed by atoms with E-state index in [0.717, 1.165) is 0 Å². The average Bonchev–Trinajstić information content (AvgIpc) is 2.93. The van der Waals surface area contributed by atoms with Crippen molar-refractivity contribution in [1.29, 1.82) is 0 Å². The Balaban J connectivity index is 1.97. The summed E-state index contributed by atoms with van der Waals surface area (Å²) in [5.41, 5.74) is 5.68. The highest BCUT2D eigenvalue weighted by atomic mass is 32.2. The van der Waals surface area contributed by atoms with Gasteiger partial charge in [0, 0.05) is 6.20 Å². The summed E-state index contributed by atoms with van der Waals surface area (Å²) in [5, 5.41) is 11.5. The number of primary sulfonamides is 1. The van der Waals surface area contributed by atoms with Crippen molar-refractivity contribution >= 4 is 21.6 Å². The first kappa shape index (κ1) is 14.1. The summed E-state index contributed by atoms with van der Waals surface area (Å²) in [6, 6.07) is 2.78. The molecule has 0 fully saturated rings. The summed E-state index contributed by atoms with van der Waals surface area (Å²) in [6.07, 6.45) is 3.10. The van der Waals surface area contributed by atoms with Crippen LogP contribution in [0.25, 0.3) is 0 Å². The van der Waals surface area contributed by atoms with Crippen LogP contribution in [0.3, 0.4) is 0 Å². The maximum Gasteiger partial charge on any atom is 0.271 e. The van der Waals surface area contributed by atoms with Gasteiger partial charge in [0.25, 0.3) is 10.0 Å². The van der Waals surface area contributed by atoms with E-state index in [4.69, 9.17) is 15.3 Å². The molecule has 1 amide bonds. The van der Waals surface area contributed by atoms with Crippen molar-refractivity contribution in [2.45, 2.75) is 18.2 Å². The third-order valence-corrected chi connectivity index (χ3v) is 3.12. The standard InChI is InChI=1S/C10H13N5O4S/c11-9(16)6-15-5-7(3-14-15)13-4-8-1-2-10(19-8)20(12,17)18/h1-3,5,13H,4,6H2,(H2,11,16)(H2,12,17,18). The molecule has 2 rings (SSSR count). The number of nitrogens with two attached hydrogens (primary N) is 2. The molecule has 20 heavy (non-hydrogen) atoms. The second kappa shape index (κ2) is 5.35. The lowest BCUT2D eigenvalue weighted by molar-refractivity contribution is -0.118. The minimum Gasteiger partial charge on any atom is -0.446 e. The van der Waals surface area contributed by atoms with Gasteiger partial charge in [-0.25, -0.2) is 13.6 Å². The number of sulfonamides is 1. The van der Waals surface area contributed by atoms with Crippen LogP contribution in [0.5, 0.6) is 0 Å². The molecule has 0 spiro atoms. The number of carbonyl (C=O) groups is 1. The quantitative estimate of drug-likeness (QED) is 0.637. The predicted octanol–water partition coefficient (Wildman–Crippen LogP) is -0.779. The molecule has 5 N–H and O–H groups in total. The number of nitrogens with one attached hydrogen (secondary N) is 1. The molecule has 0 unspecified atom stereocenters. The van der Waals surface area contributed by atoms with E-state index in [1.165, 1.54) is 23.0 Å². The van der Waals surface area contributed by atoms with Crippen molar-refractivity contribution in [3.63, 3.8) is 0 Å². The molecular formula is C10H13N5O4S. The summed E-state index contributed by atoms with van der Waals surface area (Å²) in [6.45, 7) is 0.232. The molecular weight excluding hydrogens is 286 g/mol. The van der Waals surface area contributed by atoms with Gasteiger partial charge in [-0.3, -0.25) is 9.48 Å². The maximum atomic E-state index is 11.0. The number of carbonyl (C=O) groups excluding carboxylic acids is 1. The van der Waals surface area contributed by atoms with Gasteiger partial charge < -0.3 is 15.5 Å². The van der Waals surface area contributed by atoms with Crippen LogP contribution in [-0.4, -0.2) is 24.1 Å². The van der Waals surface area contributed by atoms with Gasteiger partial charge in [0.15, 0.2) is 0 Å². The van der Waals surface area contributed by atoms with Gasteiger partial charge in [0.05, 0.1) is 18.4 Å². The Hall–Kier alpha value is -2.33. The summed E-state index contributed by atoms with van der Waals surface area (Å²) < 4.78 is 28.5. The van der Waals surface area contributed by atoms with Crippen molar-refractivity contribution in [1.82, 2.24) is 9.78 Å². The van der Waals surface area contributed by atoms with Gasteiger partial charge in [-0.2, -0.15) is 5.10 Å². The van der Waals surface area contributed by atoms with Gasteiger partial charge in [-0.1, -0.05) is 0 Å². The number of primary amides is 1. The summed E-state index contributed by atoms with van der Waals surface area (Å²) >= 11 is 0. The van der Waals surface area contributed by atoms with E-state index in [1.807, 2.05) is 0 Å². The number of furan rings is 1. The summed E-state index contributed by atoms with van der Waals surface area (Å²) in [5.74, 6) is -0.0971. The zero-order chi connectivity index (χ0) is 14.8. The van der Waals surface area contributed by atoms with E-state index in [9.17, 15) is 13.2 Å². The lowest BCUT2D eigenvalue weighted by atomic mass is 10.4. The molecule has 2 aromatic rings. The molecule has 0 aliphatic heterocycles. The Labute approximate surface area is 114 Å². The molecule has 2 aromatic heterocycles. The Morgan fingerprint density at radius 3 is 2.80 bits per heavy atom. The normalized spacial score (nSPS) is 11.4. The van der Waals surface area contributed by atoms with Crippen LogP contribution < -0.4 is 16.2 Å². The molecule has 0 saturated heterocycles. The lowest BCUT2D eigenvalue weighted by Gasteiger charge is -2.00. The van der Waals surface area contributed by atoms with Gasteiger partial charge >= 0.3 is 0 Å². The molecule has 9 nitrogen and oxygen atoms in total. The largest absolute Gasteiger partial charge is 0.446 e. The molecule has 0 aliphatic carbocycles. The second-order valence-corrected chi connectivity index (χ2v) is 5.50. The number of nitrogens with zero attached hydrogens (tertiary/aromatic N) is 2. The number of anilines is 1. The van der Waals surface area contributed by atoms with Crippen LogP contribution in [-0.2, 0) is 27.9 Å². The van der Waals surface area contributed by atoms with E-state index >= 15 is 0 Å². The zero-order valence-electron chi connectivity index (χ0n) is 10.3. The average molecular weight is 299 g/mol. The lowest BCUT2D eigenvalue weighted by Crippen LogP contribution is -2.18. The number of aromatic nitrogens is 2. The molecule has 0 aromatic carbocycles. The van der Waals surface area contributed by atoms with E-state index in [1.54, 1.807) is 6.20 Å². The third-order valence-electron chi connectivity index (χ3n) is 2.34. The number of hydrogen-bond donors (Lipinski definition) is 3. The fraction of sp³-hybridized carbons (Fsp3) is 0.200. The molecule has 10 heteroatoms. The number of hydrogen-bond acceptors (Lipinski definition) is 6. The van der Waals surface area contributed by atoms with Crippen LogP contribution in [0.4, 0.5) is 5.69 Å². The highest BCUT2D eigenvalue weighted by Gasteiger charge is 2.13. The molecule has 0 aliphatic rings. The van der Waals surface area contributed by atoms with Crippen LogP contribution in [0.1, 0.15) is 5.76 Å². The Morgan fingerprint density at radius 2 is 2.20 bits per heavy atom. The van der Waals surface area contributed by atoms with Crippen LogP contribution in [0.2, 0.25) is 0 Å². The van der Waals surface area contributed by atoms with Crippen molar-refractivity contribution in [2.24, 2.45) is 10.9 Å². The van der Waals surface area contributed by atoms with Crippen molar-refractivity contribution < 1.29 is 17.6 Å². The third kappa shape index (κ3) is 3.59. The minimum atomic E-state index is -3.84. The fourth-order valence-corrected chi connectivity index (χ4v) is 1.98. The van der Waals surface area contributed by atoms with Crippen LogP contribution in [0.15, 0.2) is 34.0 Å². The highest BCUT2D eigenvalue weighted by molar-refractivity contribution is 7.89. The van der Waals surface area contributed by atoms with Crippen molar-refractivity contribution in [3.05, 3.63) is 30.3 Å². The number of rotatable bonds is 6. The summed E-state index contributed by atoms with van der Waals surface area (Å²) in [7, 11) is -3.84. The first-order chi connectivity index (χ1) is 9.34. The Kier molecular flexibility index (Phi) is 3.77. The fourth-order valence-electron chi connectivity index (χ4n) is 1.50. The monoisotopic (exact) mass is 299 g/mol. The Bertz CT molecular complexity index is 718. The van der Waals surface area contributed by atoms with Gasteiger partial charge in [0.1, 0.15) is 12.3 Å². The molecule has 0 saturated carbocycles. The maximum absolute atomic E-state index is 11.0. The van der Waals surface area contributed by atoms with Crippen LogP contribution in [0, 0.1) is 0 Å². The van der Waals surface area contributed by atoms with Crippen LogP contribution >= 0.6 is 0 Å².